The molecule has 0 atom stereocenters. The van der Waals surface area contributed by atoms with Crippen LogP contribution in [-0.4, -0.2) is 0 Å². The Balaban J connectivity index is 2.18. The molecule has 1 aliphatic rings. The predicted octanol–water partition coefficient (Wildman–Crippen LogP) is 4.93. The van der Waals surface area contributed by atoms with E-state index < -0.39 is 0 Å². The highest BCUT2D eigenvalue weighted by Crippen LogP contribution is 2.50. The van der Waals surface area contributed by atoms with Crippen molar-refractivity contribution < 1.29 is 9.30 Å². The maximum Gasteiger partial charge on any atom is 0.256 e. The standard InChI is InChI=1S/C18H18NOS/c1-10(2)12-7-8-19(4)17-15-11(3)5-6-14-16(15)13(9-21-14)20-18(12)17/h5-10H,1-4H3/q+1. The lowest BCUT2D eigenvalue weighted by molar-refractivity contribution is -0.660. The number of nitrogens with zero attached hydrogens (tertiary/aromatic N) is 1. The van der Waals surface area contributed by atoms with Crippen molar-refractivity contribution >= 4 is 21.4 Å². The van der Waals surface area contributed by atoms with Crippen molar-refractivity contribution in [2.75, 3.05) is 0 Å². The second kappa shape index (κ2) is 4.31. The molecule has 3 aromatic rings. The van der Waals surface area contributed by atoms with Crippen LogP contribution in [0.15, 0.2) is 29.8 Å². The molecule has 0 amide bonds. The van der Waals surface area contributed by atoms with Gasteiger partial charge in [0.2, 0.25) is 5.75 Å². The van der Waals surface area contributed by atoms with Gasteiger partial charge in [-0.15, -0.1) is 11.3 Å². The first-order chi connectivity index (χ1) is 10.1. The monoisotopic (exact) mass is 296 g/mol. The van der Waals surface area contributed by atoms with Gasteiger partial charge in [-0.1, -0.05) is 19.9 Å². The lowest BCUT2D eigenvalue weighted by atomic mass is 9.93. The molecule has 0 radical (unpaired) electrons. The van der Waals surface area contributed by atoms with Gasteiger partial charge in [-0.25, -0.2) is 0 Å². The SMILES string of the molecule is Cc1ccc2scc3c2c1-c1c(c(C(C)C)cc[n+]1C)O3. The molecule has 0 unspecified atom stereocenters. The molecular weight excluding hydrogens is 278 g/mol. The summed E-state index contributed by atoms with van der Waals surface area (Å²) in [4.78, 5) is 0. The summed E-state index contributed by atoms with van der Waals surface area (Å²) in [6.45, 7) is 6.62. The van der Waals surface area contributed by atoms with E-state index in [4.69, 9.17) is 4.74 Å². The number of fused-ring (bicyclic) bond motifs is 2. The van der Waals surface area contributed by atoms with E-state index in [-0.39, 0.29) is 0 Å². The largest absolute Gasteiger partial charge is 0.448 e. The van der Waals surface area contributed by atoms with E-state index in [9.17, 15) is 0 Å². The minimum atomic E-state index is 0.444. The fourth-order valence-electron chi connectivity index (χ4n) is 3.19. The molecule has 0 spiro atoms. The number of aryl methyl sites for hydroxylation is 2. The Kier molecular flexibility index (Phi) is 2.64. The van der Waals surface area contributed by atoms with Crippen LogP contribution in [0.3, 0.4) is 0 Å². The summed E-state index contributed by atoms with van der Waals surface area (Å²) in [7, 11) is 2.10. The first-order valence-corrected chi connectivity index (χ1v) is 8.17. The molecule has 106 valence electrons. The summed E-state index contributed by atoms with van der Waals surface area (Å²) in [6, 6.07) is 6.59. The van der Waals surface area contributed by atoms with Gasteiger partial charge >= 0.3 is 0 Å². The first-order valence-electron chi connectivity index (χ1n) is 7.29. The molecule has 1 aromatic carbocycles. The molecule has 4 rings (SSSR count). The molecule has 0 saturated heterocycles. The summed E-state index contributed by atoms with van der Waals surface area (Å²) >= 11 is 1.76. The van der Waals surface area contributed by atoms with Crippen molar-refractivity contribution in [2.45, 2.75) is 26.7 Å². The Morgan fingerprint density at radius 1 is 1.19 bits per heavy atom. The summed E-state index contributed by atoms with van der Waals surface area (Å²) in [6.07, 6.45) is 2.15. The minimum Gasteiger partial charge on any atom is -0.448 e. The average molecular weight is 296 g/mol. The maximum atomic E-state index is 6.31. The number of ether oxygens (including phenoxy) is 1. The Bertz CT molecular complexity index is 877. The molecule has 0 aliphatic carbocycles. The van der Waals surface area contributed by atoms with E-state index in [1.54, 1.807) is 11.3 Å². The van der Waals surface area contributed by atoms with Gasteiger partial charge in [-0.2, -0.15) is 4.57 Å². The van der Waals surface area contributed by atoms with Crippen LogP contribution in [0.25, 0.3) is 21.3 Å². The van der Waals surface area contributed by atoms with Crippen LogP contribution in [0.5, 0.6) is 11.5 Å². The zero-order valence-corrected chi connectivity index (χ0v) is 13.5. The first kappa shape index (κ1) is 12.8. The fourth-order valence-corrected chi connectivity index (χ4v) is 4.05. The second-order valence-corrected chi connectivity index (χ2v) is 6.96. The van der Waals surface area contributed by atoms with Crippen LogP contribution >= 0.6 is 11.3 Å². The zero-order chi connectivity index (χ0) is 14.7. The Morgan fingerprint density at radius 2 is 2.00 bits per heavy atom. The zero-order valence-electron chi connectivity index (χ0n) is 12.7. The highest BCUT2D eigenvalue weighted by Gasteiger charge is 2.32. The van der Waals surface area contributed by atoms with Gasteiger partial charge in [0, 0.05) is 27.1 Å². The Labute approximate surface area is 128 Å². The van der Waals surface area contributed by atoms with Gasteiger partial charge in [0.1, 0.15) is 12.8 Å². The smallest absolute Gasteiger partial charge is 0.256 e. The van der Waals surface area contributed by atoms with Crippen LogP contribution in [0.2, 0.25) is 0 Å². The van der Waals surface area contributed by atoms with Crippen LogP contribution in [0, 0.1) is 6.92 Å². The van der Waals surface area contributed by atoms with E-state index in [2.05, 4.69) is 62.2 Å². The second-order valence-electron chi connectivity index (χ2n) is 6.05. The number of hydrogen-bond donors (Lipinski definition) is 0. The molecule has 3 heterocycles. The topological polar surface area (TPSA) is 13.1 Å². The molecule has 0 fully saturated rings. The number of hydrogen-bond acceptors (Lipinski definition) is 2. The van der Waals surface area contributed by atoms with Crippen molar-refractivity contribution in [1.82, 2.24) is 0 Å². The molecule has 2 nitrogen and oxygen atoms in total. The molecule has 1 aliphatic heterocycles. The molecule has 0 N–H and O–H groups in total. The summed E-state index contributed by atoms with van der Waals surface area (Å²) < 4.78 is 9.79. The highest BCUT2D eigenvalue weighted by molar-refractivity contribution is 7.17. The van der Waals surface area contributed by atoms with Gasteiger partial charge in [-0.05, 0) is 24.5 Å². The predicted molar refractivity (Wildman–Crippen MR) is 87.3 cm³/mol. The van der Waals surface area contributed by atoms with Crippen LogP contribution < -0.4 is 9.30 Å². The maximum absolute atomic E-state index is 6.31. The minimum absolute atomic E-state index is 0.444. The lowest BCUT2D eigenvalue weighted by Gasteiger charge is -2.21. The normalized spacial score (nSPS) is 12.6. The van der Waals surface area contributed by atoms with E-state index >= 15 is 0 Å². The summed E-state index contributed by atoms with van der Waals surface area (Å²) in [5.74, 6) is 2.48. The van der Waals surface area contributed by atoms with Gasteiger partial charge in [0.05, 0.1) is 5.56 Å². The van der Waals surface area contributed by atoms with Crippen LogP contribution in [0.4, 0.5) is 0 Å². The van der Waals surface area contributed by atoms with E-state index in [1.807, 2.05) is 0 Å². The third-order valence-electron chi connectivity index (χ3n) is 4.29. The third-order valence-corrected chi connectivity index (χ3v) is 5.22. The lowest BCUT2D eigenvalue weighted by Crippen LogP contribution is -2.32. The van der Waals surface area contributed by atoms with Crippen molar-refractivity contribution in [3.8, 4) is 22.8 Å². The average Bonchev–Trinajstić information content (AvgIpc) is 2.85. The quantitative estimate of drug-likeness (QED) is 0.454. The number of pyridine rings is 1. The van der Waals surface area contributed by atoms with Gasteiger partial charge in [0.25, 0.3) is 5.69 Å². The number of benzene rings is 1. The third kappa shape index (κ3) is 1.67. The van der Waals surface area contributed by atoms with Gasteiger partial charge < -0.3 is 4.74 Å². The summed E-state index contributed by atoms with van der Waals surface area (Å²) in [5, 5.41) is 3.40. The van der Waals surface area contributed by atoms with Crippen molar-refractivity contribution in [3.63, 3.8) is 0 Å². The molecule has 0 saturated carbocycles. The van der Waals surface area contributed by atoms with Crippen LogP contribution in [0.1, 0.15) is 30.9 Å². The van der Waals surface area contributed by atoms with Gasteiger partial charge in [0.15, 0.2) is 6.20 Å². The van der Waals surface area contributed by atoms with Crippen molar-refractivity contribution in [1.29, 1.82) is 0 Å². The number of thiophene rings is 1. The Hall–Kier alpha value is -1.87. The van der Waals surface area contributed by atoms with Crippen LogP contribution in [-0.2, 0) is 7.05 Å². The highest BCUT2D eigenvalue weighted by atomic mass is 32.1. The molecule has 21 heavy (non-hydrogen) atoms. The van der Waals surface area contributed by atoms with Crippen molar-refractivity contribution in [3.05, 3.63) is 40.9 Å². The summed E-state index contributed by atoms with van der Waals surface area (Å²) in [5.41, 5.74) is 5.12. The Morgan fingerprint density at radius 3 is 2.76 bits per heavy atom. The molecule has 2 aromatic heterocycles. The van der Waals surface area contributed by atoms with E-state index in [0.29, 0.717) is 5.92 Å². The van der Waals surface area contributed by atoms with Gasteiger partial charge in [-0.3, -0.25) is 0 Å². The van der Waals surface area contributed by atoms with Crippen molar-refractivity contribution in [2.24, 2.45) is 7.05 Å². The molecule has 0 bridgehead atoms. The fraction of sp³-hybridized carbons (Fsp3) is 0.278. The number of rotatable bonds is 1. The van der Waals surface area contributed by atoms with E-state index in [0.717, 1.165) is 11.5 Å². The number of aromatic nitrogens is 1. The molecule has 3 heteroatoms. The molecular formula is C18H18NOS+. The van der Waals surface area contributed by atoms with E-state index in [1.165, 1.54) is 32.5 Å².